The first-order chi connectivity index (χ1) is 10.1. The van der Waals surface area contributed by atoms with Gasteiger partial charge in [-0.2, -0.15) is 0 Å². The summed E-state index contributed by atoms with van der Waals surface area (Å²) in [6.07, 6.45) is 7.66. The monoisotopic (exact) mass is 304 g/mol. The van der Waals surface area contributed by atoms with Crippen molar-refractivity contribution in [2.24, 2.45) is 0 Å². The van der Waals surface area contributed by atoms with Crippen LogP contribution in [-0.4, -0.2) is 38.4 Å². The van der Waals surface area contributed by atoms with Crippen LogP contribution in [0.1, 0.15) is 42.4 Å². The van der Waals surface area contributed by atoms with Crippen molar-refractivity contribution in [3.63, 3.8) is 0 Å². The lowest BCUT2D eigenvalue weighted by molar-refractivity contribution is -0.133. The molecule has 112 valence electrons. The average molecular weight is 304 g/mol. The molecule has 3 heterocycles. The lowest BCUT2D eigenvalue weighted by atomic mass is 10.0. The number of aromatic nitrogens is 3. The number of hydrogen-bond donors (Lipinski definition) is 0. The number of carbonyl (C=O) groups excluding carboxylic acids is 1. The summed E-state index contributed by atoms with van der Waals surface area (Å²) in [5.41, 5.74) is 0.994. The number of hydrogen-bond acceptors (Lipinski definition) is 4. The molecule has 0 spiro atoms. The van der Waals surface area contributed by atoms with Crippen LogP contribution < -0.4 is 0 Å². The minimum absolute atomic E-state index is 0.131. The quantitative estimate of drug-likeness (QED) is 0.876. The normalized spacial score (nSPS) is 17.9. The molecule has 5 nitrogen and oxygen atoms in total. The third-order valence-corrected chi connectivity index (χ3v) is 5.25. The van der Waals surface area contributed by atoms with Gasteiger partial charge >= 0.3 is 0 Å². The second kappa shape index (κ2) is 5.97. The van der Waals surface area contributed by atoms with E-state index in [0.29, 0.717) is 6.04 Å². The van der Waals surface area contributed by atoms with Gasteiger partial charge in [-0.05, 0) is 26.7 Å². The Morgan fingerprint density at radius 3 is 2.76 bits per heavy atom. The van der Waals surface area contributed by atoms with Gasteiger partial charge in [-0.25, -0.2) is 9.97 Å². The first-order valence-corrected chi connectivity index (χ1v) is 8.21. The lowest BCUT2D eigenvalue weighted by Crippen LogP contribution is -2.40. The molecular formula is C15H20N4OS. The van der Waals surface area contributed by atoms with Crippen LogP contribution in [0.25, 0.3) is 0 Å². The van der Waals surface area contributed by atoms with E-state index in [1.54, 1.807) is 11.3 Å². The number of rotatable bonds is 3. The van der Waals surface area contributed by atoms with E-state index < -0.39 is 0 Å². The summed E-state index contributed by atoms with van der Waals surface area (Å²) in [4.78, 5) is 23.1. The molecule has 0 aliphatic carbocycles. The zero-order valence-corrected chi connectivity index (χ0v) is 13.2. The second-order valence-electron chi connectivity index (χ2n) is 5.62. The van der Waals surface area contributed by atoms with Crippen LogP contribution in [0, 0.1) is 6.92 Å². The van der Waals surface area contributed by atoms with Crippen molar-refractivity contribution < 1.29 is 4.79 Å². The average Bonchev–Trinajstić information content (AvgIpc) is 3.17. The summed E-state index contributed by atoms with van der Waals surface area (Å²) in [5.74, 6) is 0.0712. The van der Waals surface area contributed by atoms with Crippen molar-refractivity contribution in [1.82, 2.24) is 19.4 Å². The summed E-state index contributed by atoms with van der Waals surface area (Å²) < 4.78 is 2.15. The number of amides is 1. The van der Waals surface area contributed by atoms with E-state index in [9.17, 15) is 4.79 Å². The Kier molecular flexibility index (Phi) is 4.05. The van der Waals surface area contributed by atoms with Gasteiger partial charge in [0.15, 0.2) is 0 Å². The van der Waals surface area contributed by atoms with Crippen molar-refractivity contribution >= 4 is 17.2 Å². The van der Waals surface area contributed by atoms with E-state index in [4.69, 9.17) is 0 Å². The topological polar surface area (TPSA) is 51.0 Å². The molecule has 0 radical (unpaired) electrons. The van der Waals surface area contributed by atoms with E-state index in [1.165, 1.54) is 0 Å². The molecule has 1 unspecified atom stereocenters. The molecule has 0 N–H and O–H groups in total. The highest BCUT2D eigenvalue weighted by Gasteiger charge is 2.28. The van der Waals surface area contributed by atoms with E-state index in [2.05, 4.69) is 14.5 Å². The minimum Gasteiger partial charge on any atom is -0.342 e. The summed E-state index contributed by atoms with van der Waals surface area (Å²) in [6.45, 7) is 5.56. The van der Waals surface area contributed by atoms with Crippen molar-refractivity contribution in [2.45, 2.75) is 38.6 Å². The predicted molar refractivity (Wildman–Crippen MR) is 82.3 cm³/mol. The van der Waals surface area contributed by atoms with E-state index >= 15 is 0 Å². The second-order valence-corrected chi connectivity index (χ2v) is 6.50. The predicted octanol–water partition coefficient (Wildman–Crippen LogP) is 2.62. The Morgan fingerprint density at radius 1 is 1.43 bits per heavy atom. The molecule has 0 saturated carbocycles. The van der Waals surface area contributed by atoms with E-state index in [-0.39, 0.29) is 11.8 Å². The minimum atomic E-state index is -0.131. The fourth-order valence-electron chi connectivity index (χ4n) is 2.82. The Labute approximate surface area is 128 Å². The highest BCUT2D eigenvalue weighted by Crippen LogP contribution is 2.26. The van der Waals surface area contributed by atoms with Gasteiger partial charge in [-0.15, -0.1) is 11.3 Å². The van der Waals surface area contributed by atoms with Crippen LogP contribution in [0.4, 0.5) is 0 Å². The third-order valence-electron chi connectivity index (χ3n) is 4.10. The Bertz CT molecular complexity index is 599. The maximum atomic E-state index is 12.6. The van der Waals surface area contributed by atoms with Crippen LogP contribution in [0.3, 0.4) is 0 Å². The summed E-state index contributed by atoms with van der Waals surface area (Å²) in [6, 6.07) is 0.467. The maximum Gasteiger partial charge on any atom is 0.232 e. The largest absolute Gasteiger partial charge is 0.342 e. The molecule has 0 aromatic carbocycles. The first-order valence-electron chi connectivity index (χ1n) is 7.33. The Hall–Kier alpha value is -1.69. The van der Waals surface area contributed by atoms with Crippen molar-refractivity contribution in [1.29, 1.82) is 0 Å². The lowest BCUT2D eigenvalue weighted by Gasteiger charge is -2.33. The maximum absolute atomic E-state index is 12.6. The molecule has 1 amide bonds. The summed E-state index contributed by atoms with van der Waals surface area (Å²) in [7, 11) is 0. The van der Waals surface area contributed by atoms with Crippen LogP contribution in [0.2, 0.25) is 0 Å². The number of imidazole rings is 1. The summed E-state index contributed by atoms with van der Waals surface area (Å²) in [5, 5.41) is 2.93. The zero-order valence-electron chi connectivity index (χ0n) is 12.4. The van der Waals surface area contributed by atoms with Gasteiger partial charge < -0.3 is 9.47 Å². The molecule has 6 heteroatoms. The highest BCUT2D eigenvalue weighted by molar-refractivity contribution is 7.09. The molecular weight excluding hydrogens is 284 g/mol. The van der Waals surface area contributed by atoms with Gasteiger partial charge in [0, 0.05) is 42.6 Å². The van der Waals surface area contributed by atoms with Crippen LogP contribution in [-0.2, 0) is 4.79 Å². The van der Waals surface area contributed by atoms with Crippen molar-refractivity contribution in [2.75, 3.05) is 13.1 Å². The molecule has 2 aromatic heterocycles. The Balaban J connectivity index is 1.60. The molecule has 3 rings (SSSR count). The number of likely N-dealkylation sites (tertiary alicyclic amines) is 1. The SMILES string of the molecule is Cc1csc(C(C)C(=O)N2CCC(n3ccnc3)CC2)n1. The van der Waals surface area contributed by atoms with Gasteiger partial charge in [0.25, 0.3) is 0 Å². The molecule has 1 saturated heterocycles. The first kappa shape index (κ1) is 14.3. The van der Waals surface area contributed by atoms with Crippen LogP contribution >= 0.6 is 11.3 Å². The van der Waals surface area contributed by atoms with Gasteiger partial charge in [0.2, 0.25) is 5.91 Å². The number of thiazole rings is 1. The number of nitrogens with zero attached hydrogens (tertiary/aromatic N) is 4. The van der Waals surface area contributed by atoms with Gasteiger partial charge in [-0.3, -0.25) is 4.79 Å². The van der Waals surface area contributed by atoms with Gasteiger partial charge in [-0.1, -0.05) is 0 Å². The van der Waals surface area contributed by atoms with Crippen LogP contribution in [0.15, 0.2) is 24.1 Å². The molecule has 1 atom stereocenters. The number of piperidine rings is 1. The summed E-state index contributed by atoms with van der Waals surface area (Å²) >= 11 is 1.58. The number of aryl methyl sites for hydroxylation is 1. The molecule has 0 bridgehead atoms. The third kappa shape index (κ3) is 3.00. The van der Waals surface area contributed by atoms with Crippen molar-refractivity contribution in [3.05, 3.63) is 34.8 Å². The molecule has 1 aliphatic rings. The molecule has 1 fully saturated rings. The van der Waals surface area contributed by atoms with Gasteiger partial charge in [0.1, 0.15) is 5.01 Å². The van der Waals surface area contributed by atoms with Gasteiger partial charge in [0.05, 0.1) is 12.2 Å². The van der Waals surface area contributed by atoms with E-state index in [1.807, 2.05) is 42.8 Å². The van der Waals surface area contributed by atoms with E-state index in [0.717, 1.165) is 36.6 Å². The number of carbonyl (C=O) groups is 1. The Morgan fingerprint density at radius 2 is 2.19 bits per heavy atom. The molecule has 2 aromatic rings. The standard InChI is InChI=1S/C15H20N4OS/c1-11-9-21-14(17-11)12(2)15(20)18-6-3-13(4-7-18)19-8-5-16-10-19/h5,8-10,12-13H,3-4,6-7H2,1-2H3. The van der Waals surface area contributed by atoms with Crippen LogP contribution in [0.5, 0.6) is 0 Å². The van der Waals surface area contributed by atoms with Crippen molar-refractivity contribution in [3.8, 4) is 0 Å². The smallest absolute Gasteiger partial charge is 0.232 e. The molecule has 21 heavy (non-hydrogen) atoms. The fourth-order valence-corrected chi connectivity index (χ4v) is 3.67. The highest BCUT2D eigenvalue weighted by atomic mass is 32.1. The fraction of sp³-hybridized carbons (Fsp3) is 0.533. The zero-order chi connectivity index (χ0) is 14.8. The molecule has 1 aliphatic heterocycles.